The SMILES string of the molecule is O=S(=O)(c1ccccc1)n1c(C(O)c2cc3ccccc3cn2)cc2c(Cl)ccnc21. The molecular formula is C23H16ClN3O3S. The second-order valence-corrected chi connectivity index (χ2v) is 9.23. The van der Waals surface area contributed by atoms with Crippen LogP contribution in [-0.2, 0) is 10.0 Å². The summed E-state index contributed by atoms with van der Waals surface area (Å²) in [6.07, 6.45) is 1.78. The Morgan fingerprint density at radius 3 is 2.39 bits per heavy atom. The topological polar surface area (TPSA) is 85.1 Å². The van der Waals surface area contributed by atoms with E-state index >= 15 is 0 Å². The Hall–Kier alpha value is -3.26. The monoisotopic (exact) mass is 449 g/mol. The first-order valence-corrected chi connectivity index (χ1v) is 11.3. The van der Waals surface area contributed by atoms with Crippen molar-refractivity contribution in [2.75, 3.05) is 0 Å². The van der Waals surface area contributed by atoms with Crippen molar-refractivity contribution in [3.63, 3.8) is 0 Å². The van der Waals surface area contributed by atoms with E-state index < -0.39 is 16.1 Å². The third kappa shape index (κ3) is 3.27. The lowest BCUT2D eigenvalue weighted by molar-refractivity contribution is 0.210. The van der Waals surface area contributed by atoms with Crippen LogP contribution in [0.2, 0.25) is 5.02 Å². The molecule has 0 aliphatic carbocycles. The van der Waals surface area contributed by atoms with Gasteiger partial charge in [0.25, 0.3) is 10.0 Å². The summed E-state index contributed by atoms with van der Waals surface area (Å²) >= 11 is 6.32. The highest BCUT2D eigenvalue weighted by Crippen LogP contribution is 2.34. The van der Waals surface area contributed by atoms with Crippen LogP contribution in [0, 0.1) is 0 Å². The van der Waals surface area contributed by atoms with Gasteiger partial charge >= 0.3 is 0 Å². The fraction of sp³-hybridized carbons (Fsp3) is 0.0435. The van der Waals surface area contributed by atoms with Crippen molar-refractivity contribution in [2.24, 2.45) is 0 Å². The summed E-state index contributed by atoms with van der Waals surface area (Å²) in [7, 11) is -4.06. The Bertz CT molecular complexity index is 1530. The highest BCUT2D eigenvalue weighted by molar-refractivity contribution is 7.90. The molecule has 0 saturated carbocycles. The summed E-state index contributed by atoms with van der Waals surface area (Å²) in [6.45, 7) is 0. The standard InChI is InChI=1S/C23H16ClN3O3S/c24-19-10-11-25-23-18(19)13-21(27(23)31(29,30)17-8-2-1-3-9-17)22(28)20-12-15-6-4-5-7-16(15)14-26-20/h1-14,22,28H. The zero-order valence-corrected chi connectivity index (χ0v) is 17.6. The molecule has 5 aromatic rings. The maximum absolute atomic E-state index is 13.5. The molecular weight excluding hydrogens is 434 g/mol. The third-order valence-electron chi connectivity index (χ3n) is 5.13. The molecule has 2 aromatic carbocycles. The number of rotatable bonds is 4. The van der Waals surface area contributed by atoms with E-state index in [0.717, 1.165) is 14.7 Å². The van der Waals surface area contributed by atoms with Crippen LogP contribution in [0.15, 0.2) is 90.1 Å². The fourth-order valence-corrected chi connectivity index (χ4v) is 5.32. The molecule has 5 rings (SSSR count). The van der Waals surface area contributed by atoms with Gasteiger partial charge < -0.3 is 5.11 Å². The van der Waals surface area contributed by atoms with Gasteiger partial charge in [0.1, 0.15) is 6.10 Å². The second-order valence-electron chi connectivity index (χ2n) is 7.04. The highest BCUT2D eigenvalue weighted by atomic mass is 35.5. The molecule has 154 valence electrons. The van der Waals surface area contributed by atoms with Crippen molar-refractivity contribution >= 4 is 43.4 Å². The van der Waals surface area contributed by atoms with E-state index in [9.17, 15) is 13.5 Å². The average molecular weight is 450 g/mol. The molecule has 1 unspecified atom stereocenters. The van der Waals surface area contributed by atoms with Crippen LogP contribution in [-0.4, -0.2) is 27.5 Å². The molecule has 0 spiro atoms. The van der Waals surface area contributed by atoms with E-state index in [0.29, 0.717) is 16.1 Å². The van der Waals surface area contributed by atoms with E-state index in [2.05, 4.69) is 9.97 Å². The van der Waals surface area contributed by atoms with E-state index in [1.807, 2.05) is 24.3 Å². The molecule has 6 nitrogen and oxygen atoms in total. The fourth-order valence-electron chi connectivity index (χ4n) is 3.61. The lowest BCUT2D eigenvalue weighted by atomic mass is 10.1. The predicted molar refractivity (Wildman–Crippen MR) is 120 cm³/mol. The number of nitrogens with zero attached hydrogens (tertiary/aromatic N) is 3. The van der Waals surface area contributed by atoms with Gasteiger partial charge in [0.2, 0.25) is 0 Å². The van der Waals surface area contributed by atoms with Crippen LogP contribution in [0.5, 0.6) is 0 Å². The van der Waals surface area contributed by atoms with Crippen molar-refractivity contribution in [3.05, 3.63) is 102 Å². The molecule has 0 aliphatic heterocycles. The van der Waals surface area contributed by atoms with Gasteiger partial charge in [-0.05, 0) is 35.7 Å². The molecule has 3 aromatic heterocycles. The number of halogens is 1. The molecule has 3 heterocycles. The van der Waals surface area contributed by atoms with E-state index in [4.69, 9.17) is 11.6 Å². The lowest BCUT2D eigenvalue weighted by Gasteiger charge is -2.16. The van der Waals surface area contributed by atoms with Gasteiger partial charge in [0.05, 0.1) is 21.3 Å². The summed E-state index contributed by atoms with van der Waals surface area (Å²) in [6, 6.07) is 20.5. The largest absolute Gasteiger partial charge is 0.380 e. The molecule has 0 radical (unpaired) electrons. The zero-order chi connectivity index (χ0) is 21.6. The number of aliphatic hydroxyl groups excluding tert-OH is 1. The first-order chi connectivity index (χ1) is 15.0. The number of hydrogen-bond acceptors (Lipinski definition) is 5. The average Bonchev–Trinajstić information content (AvgIpc) is 3.21. The number of fused-ring (bicyclic) bond motifs is 2. The number of aromatic nitrogens is 3. The number of pyridine rings is 2. The van der Waals surface area contributed by atoms with E-state index in [1.165, 1.54) is 18.3 Å². The minimum absolute atomic E-state index is 0.0780. The second kappa shape index (κ2) is 7.46. The van der Waals surface area contributed by atoms with Gasteiger partial charge in [-0.2, -0.15) is 0 Å². The Balaban J connectivity index is 1.76. The van der Waals surface area contributed by atoms with Crippen molar-refractivity contribution in [2.45, 2.75) is 11.0 Å². The molecule has 0 saturated heterocycles. The zero-order valence-electron chi connectivity index (χ0n) is 16.1. The summed E-state index contributed by atoms with van der Waals surface area (Å²) in [5.41, 5.74) is 0.579. The maximum atomic E-state index is 13.5. The maximum Gasteiger partial charge on any atom is 0.269 e. The molecule has 1 N–H and O–H groups in total. The van der Waals surface area contributed by atoms with Gasteiger partial charge in [-0.25, -0.2) is 17.4 Å². The van der Waals surface area contributed by atoms with Crippen LogP contribution >= 0.6 is 11.6 Å². The van der Waals surface area contributed by atoms with Gasteiger partial charge in [-0.3, -0.25) is 4.98 Å². The van der Waals surface area contributed by atoms with Gasteiger partial charge in [0.15, 0.2) is 5.65 Å². The summed E-state index contributed by atoms with van der Waals surface area (Å²) in [4.78, 5) is 8.69. The van der Waals surface area contributed by atoms with Crippen LogP contribution in [0.3, 0.4) is 0 Å². The normalized spacial score (nSPS) is 13.0. The first-order valence-electron chi connectivity index (χ1n) is 9.46. The van der Waals surface area contributed by atoms with Gasteiger partial charge in [0, 0.05) is 23.2 Å². The number of hydrogen-bond donors (Lipinski definition) is 1. The number of benzene rings is 2. The quantitative estimate of drug-likeness (QED) is 0.435. The minimum atomic E-state index is -4.06. The van der Waals surface area contributed by atoms with Crippen LogP contribution < -0.4 is 0 Å². The third-order valence-corrected chi connectivity index (χ3v) is 7.19. The lowest BCUT2D eigenvalue weighted by Crippen LogP contribution is -2.19. The van der Waals surface area contributed by atoms with Gasteiger partial charge in [-0.1, -0.05) is 54.1 Å². The van der Waals surface area contributed by atoms with Crippen molar-refractivity contribution in [3.8, 4) is 0 Å². The Morgan fingerprint density at radius 2 is 1.61 bits per heavy atom. The smallest absolute Gasteiger partial charge is 0.269 e. The van der Waals surface area contributed by atoms with Crippen molar-refractivity contribution in [1.82, 2.24) is 13.9 Å². The predicted octanol–water partition coefficient (Wildman–Crippen LogP) is 4.56. The summed E-state index contributed by atoms with van der Waals surface area (Å²) in [5.74, 6) is 0. The van der Waals surface area contributed by atoms with Crippen molar-refractivity contribution in [1.29, 1.82) is 0 Å². The Morgan fingerprint density at radius 1 is 0.903 bits per heavy atom. The van der Waals surface area contributed by atoms with Crippen molar-refractivity contribution < 1.29 is 13.5 Å². The highest BCUT2D eigenvalue weighted by Gasteiger charge is 2.29. The van der Waals surface area contributed by atoms with E-state index in [-0.39, 0.29) is 16.2 Å². The molecule has 0 bridgehead atoms. The summed E-state index contributed by atoms with van der Waals surface area (Å²) < 4.78 is 28.1. The summed E-state index contributed by atoms with van der Waals surface area (Å²) in [5, 5.41) is 13.8. The Labute approximate surface area is 183 Å². The van der Waals surface area contributed by atoms with Gasteiger partial charge in [-0.15, -0.1) is 0 Å². The molecule has 0 amide bonds. The Kier molecular flexibility index (Phi) is 4.74. The van der Waals surface area contributed by atoms with Crippen LogP contribution in [0.25, 0.3) is 21.8 Å². The molecule has 31 heavy (non-hydrogen) atoms. The number of aliphatic hydroxyl groups is 1. The molecule has 8 heteroatoms. The van der Waals surface area contributed by atoms with Crippen LogP contribution in [0.1, 0.15) is 17.5 Å². The minimum Gasteiger partial charge on any atom is -0.380 e. The van der Waals surface area contributed by atoms with E-state index in [1.54, 1.807) is 42.6 Å². The first kappa shape index (κ1) is 19.7. The molecule has 1 atom stereocenters. The molecule has 0 fully saturated rings. The molecule has 0 aliphatic rings. The van der Waals surface area contributed by atoms with Crippen LogP contribution in [0.4, 0.5) is 0 Å².